The SMILES string of the molecule is N#Cc1ccc(N2CCN(C(=O)[C@H]3CC=CCC3)CC2)c(F)c1. The van der Waals surface area contributed by atoms with E-state index in [2.05, 4.69) is 12.2 Å². The highest BCUT2D eigenvalue weighted by atomic mass is 19.1. The van der Waals surface area contributed by atoms with Gasteiger partial charge in [0.05, 0.1) is 17.3 Å². The molecule has 1 saturated heterocycles. The molecule has 23 heavy (non-hydrogen) atoms. The maximum absolute atomic E-state index is 14.1. The van der Waals surface area contributed by atoms with Crippen LogP contribution in [-0.4, -0.2) is 37.0 Å². The number of allylic oxidation sites excluding steroid dienone is 2. The number of carbonyl (C=O) groups is 1. The molecule has 1 aromatic rings. The Morgan fingerprint density at radius 1 is 1.22 bits per heavy atom. The van der Waals surface area contributed by atoms with E-state index in [1.807, 2.05) is 15.9 Å². The van der Waals surface area contributed by atoms with Crippen molar-refractivity contribution in [2.24, 2.45) is 5.92 Å². The van der Waals surface area contributed by atoms with Gasteiger partial charge in [0.25, 0.3) is 0 Å². The van der Waals surface area contributed by atoms with Crippen molar-refractivity contribution in [2.45, 2.75) is 19.3 Å². The van der Waals surface area contributed by atoms with Gasteiger partial charge in [-0.1, -0.05) is 12.2 Å². The van der Waals surface area contributed by atoms with E-state index in [9.17, 15) is 9.18 Å². The van der Waals surface area contributed by atoms with Gasteiger partial charge in [0, 0.05) is 32.1 Å². The molecule has 5 heteroatoms. The Morgan fingerprint density at radius 2 is 2.00 bits per heavy atom. The van der Waals surface area contributed by atoms with Crippen LogP contribution in [0, 0.1) is 23.1 Å². The molecular weight excluding hydrogens is 293 g/mol. The van der Waals surface area contributed by atoms with Gasteiger partial charge in [0.1, 0.15) is 5.82 Å². The number of amides is 1. The Balaban J connectivity index is 1.61. The molecule has 0 bridgehead atoms. The fourth-order valence-electron chi connectivity index (χ4n) is 3.28. The van der Waals surface area contributed by atoms with Gasteiger partial charge in [0.2, 0.25) is 5.91 Å². The zero-order chi connectivity index (χ0) is 16.2. The van der Waals surface area contributed by atoms with E-state index >= 15 is 0 Å². The molecule has 1 aliphatic carbocycles. The first-order chi connectivity index (χ1) is 11.2. The third-order valence-electron chi connectivity index (χ3n) is 4.63. The molecular formula is C18H20FN3O. The summed E-state index contributed by atoms with van der Waals surface area (Å²) in [6.45, 7) is 2.49. The Labute approximate surface area is 135 Å². The summed E-state index contributed by atoms with van der Waals surface area (Å²) in [5, 5.41) is 8.80. The van der Waals surface area contributed by atoms with E-state index in [-0.39, 0.29) is 17.6 Å². The van der Waals surface area contributed by atoms with E-state index < -0.39 is 0 Å². The molecule has 2 aliphatic rings. The van der Waals surface area contributed by atoms with Crippen LogP contribution < -0.4 is 4.90 Å². The van der Waals surface area contributed by atoms with E-state index in [4.69, 9.17) is 5.26 Å². The predicted molar refractivity (Wildman–Crippen MR) is 86.4 cm³/mol. The van der Waals surface area contributed by atoms with Crippen molar-refractivity contribution in [3.63, 3.8) is 0 Å². The van der Waals surface area contributed by atoms with Crippen molar-refractivity contribution >= 4 is 11.6 Å². The van der Waals surface area contributed by atoms with E-state index in [1.165, 1.54) is 6.07 Å². The lowest BCUT2D eigenvalue weighted by molar-refractivity contribution is -0.136. The molecule has 0 aromatic heterocycles. The lowest BCUT2D eigenvalue weighted by Gasteiger charge is -2.38. The van der Waals surface area contributed by atoms with Gasteiger partial charge < -0.3 is 9.80 Å². The van der Waals surface area contributed by atoms with Gasteiger partial charge >= 0.3 is 0 Å². The second-order valence-corrected chi connectivity index (χ2v) is 6.07. The molecule has 0 N–H and O–H groups in total. The number of halogens is 1. The Bertz CT molecular complexity index is 657. The number of carbonyl (C=O) groups excluding carboxylic acids is 1. The fourth-order valence-corrected chi connectivity index (χ4v) is 3.28. The van der Waals surface area contributed by atoms with E-state index in [0.29, 0.717) is 37.4 Å². The molecule has 1 aromatic carbocycles. The van der Waals surface area contributed by atoms with Gasteiger partial charge in [-0.25, -0.2) is 4.39 Å². The predicted octanol–water partition coefficient (Wildman–Crippen LogP) is 2.70. The minimum Gasteiger partial charge on any atom is -0.366 e. The van der Waals surface area contributed by atoms with Crippen molar-refractivity contribution in [3.05, 3.63) is 41.7 Å². The average Bonchev–Trinajstić information content (AvgIpc) is 2.62. The first kappa shape index (κ1) is 15.5. The van der Waals surface area contributed by atoms with E-state index in [1.54, 1.807) is 12.1 Å². The number of rotatable bonds is 2. The molecule has 1 atom stereocenters. The van der Waals surface area contributed by atoms with Crippen LogP contribution in [0.4, 0.5) is 10.1 Å². The molecule has 0 radical (unpaired) electrons. The zero-order valence-electron chi connectivity index (χ0n) is 13.0. The van der Waals surface area contributed by atoms with Gasteiger partial charge in [-0.3, -0.25) is 4.79 Å². The van der Waals surface area contributed by atoms with Crippen molar-refractivity contribution in [3.8, 4) is 6.07 Å². The van der Waals surface area contributed by atoms with Crippen LogP contribution in [0.15, 0.2) is 30.4 Å². The molecule has 0 unspecified atom stereocenters. The Morgan fingerprint density at radius 3 is 2.61 bits per heavy atom. The maximum Gasteiger partial charge on any atom is 0.226 e. The Kier molecular flexibility index (Phi) is 4.61. The minimum absolute atomic E-state index is 0.109. The number of hydrogen-bond donors (Lipinski definition) is 0. The minimum atomic E-state index is -0.374. The maximum atomic E-state index is 14.1. The largest absolute Gasteiger partial charge is 0.366 e. The number of nitriles is 1. The fraction of sp³-hybridized carbons (Fsp3) is 0.444. The molecule has 4 nitrogen and oxygen atoms in total. The van der Waals surface area contributed by atoms with Crippen molar-refractivity contribution in [2.75, 3.05) is 31.1 Å². The summed E-state index contributed by atoms with van der Waals surface area (Å²) >= 11 is 0. The standard InChI is InChI=1S/C18H20FN3O/c19-16-12-14(13-20)6-7-17(16)21-8-10-22(11-9-21)18(23)15-4-2-1-3-5-15/h1-2,6-7,12,15H,3-5,8-11H2/t15-/m0/s1. The molecule has 1 heterocycles. The molecule has 1 amide bonds. The number of hydrogen-bond acceptors (Lipinski definition) is 3. The highest BCUT2D eigenvalue weighted by molar-refractivity contribution is 5.79. The second-order valence-electron chi connectivity index (χ2n) is 6.07. The Hall–Kier alpha value is -2.35. The lowest BCUT2D eigenvalue weighted by atomic mass is 9.93. The van der Waals surface area contributed by atoms with Crippen molar-refractivity contribution in [1.29, 1.82) is 5.26 Å². The van der Waals surface area contributed by atoms with Crippen LogP contribution in [0.5, 0.6) is 0 Å². The van der Waals surface area contributed by atoms with Crippen LogP contribution in [0.1, 0.15) is 24.8 Å². The molecule has 0 saturated carbocycles. The summed E-state index contributed by atoms with van der Waals surface area (Å²) in [4.78, 5) is 16.4. The van der Waals surface area contributed by atoms with Crippen LogP contribution in [0.3, 0.4) is 0 Å². The van der Waals surface area contributed by atoms with Gasteiger partial charge in [-0.05, 0) is 37.5 Å². The molecule has 1 aliphatic heterocycles. The van der Waals surface area contributed by atoms with Crippen LogP contribution in [0.25, 0.3) is 0 Å². The number of piperazine rings is 1. The van der Waals surface area contributed by atoms with Gasteiger partial charge in [-0.15, -0.1) is 0 Å². The van der Waals surface area contributed by atoms with Crippen molar-refractivity contribution in [1.82, 2.24) is 4.90 Å². The summed E-state index contributed by atoms with van der Waals surface area (Å²) in [6, 6.07) is 6.48. The topological polar surface area (TPSA) is 47.3 Å². The number of anilines is 1. The smallest absolute Gasteiger partial charge is 0.226 e. The van der Waals surface area contributed by atoms with Crippen LogP contribution in [-0.2, 0) is 4.79 Å². The third kappa shape index (κ3) is 3.37. The van der Waals surface area contributed by atoms with Crippen LogP contribution in [0.2, 0.25) is 0 Å². The average molecular weight is 313 g/mol. The molecule has 0 spiro atoms. The first-order valence-electron chi connectivity index (χ1n) is 8.07. The highest BCUT2D eigenvalue weighted by Crippen LogP contribution is 2.24. The first-order valence-corrected chi connectivity index (χ1v) is 8.07. The normalized spacial score (nSPS) is 21.1. The quantitative estimate of drug-likeness (QED) is 0.789. The highest BCUT2D eigenvalue weighted by Gasteiger charge is 2.28. The summed E-state index contributed by atoms with van der Waals surface area (Å²) in [7, 11) is 0. The summed E-state index contributed by atoms with van der Waals surface area (Å²) in [5.74, 6) is -0.0336. The van der Waals surface area contributed by atoms with E-state index in [0.717, 1.165) is 19.3 Å². The second kappa shape index (κ2) is 6.82. The summed E-state index contributed by atoms with van der Waals surface area (Å²) in [5.41, 5.74) is 0.835. The third-order valence-corrected chi connectivity index (χ3v) is 4.63. The molecule has 3 rings (SSSR count). The summed E-state index contributed by atoms with van der Waals surface area (Å²) < 4.78 is 14.1. The van der Waals surface area contributed by atoms with Crippen LogP contribution >= 0.6 is 0 Å². The lowest BCUT2D eigenvalue weighted by Crippen LogP contribution is -2.50. The van der Waals surface area contributed by atoms with Crippen molar-refractivity contribution < 1.29 is 9.18 Å². The number of nitrogens with zero attached hydrogens (tertiary/aromatic N) is 3. The van der Waals surface area contributed by atoms with Gasteiger partial charge in [-0.2, -0.15) is 5.26 Å². The van der Waals surface area contributed by atoms with Gasteiger partial charge in [0.15, 0.2) is 0 Å². The summed E-state index contributed by atoms with van der Waals surface area (Å²) in [6.07, 6.45) is 6.97. The monoisotopic (exact) mass is 313 g/mol. The molecule has 1 fully saturated rings. The number of benzene rings is 1. The molecule has 120 valence electrons. The zero-order valence-corrected chi connectivity index (χ0v) is 13.0.